The molecule has 0 spiro atoms. The van der Waals surface area contributed by atoms with Crippen molar-refractivity contribution in [2.24, 2.45) is 0 Å². The molecule has 6 rings (SSSR count). The fourth-order valence-corrected chi connectivity index (χ4v) is 4.29. The first kappa shape index (κ1) is 17.4. The van der Waals surface area contributed by atoms with E-state index in [9.17, 15) is 0 Å². The molecule has 4 heterocycles. The quantitative estimate of drug-likeness (QED) is 0.369. The van der Waals surface area contributed by atoms with E-state index in [1.54, 1.807) is 10.8 Å². The van der Waals surface area contributed by atoms with Crippen molar-refractivity contribution in [2.45, 2.75) is 19.8 Å². The summed E-state index contributed by atoms with van der Waals surface area (Å²) in [6.07, 6.45) is 1.64. The first-order valence-electron chi connectivity index (χ1n) is 9.64. The maximum absolute atomic E-state index is 6.36. The third-order valence-electron chi connectivity index (χ3n) is 5.48. The Kier molecular flexibility index (Phi) is 3.61. The van der Waals surface area contributed by atoms with Gasteiger partial charge < -0.3 is 4.74 Å². The Morgan fingerprint density at radius 3 is 2.60 bits per heavy atom. The van der Waals surface area contributed by atoms with Crippen LogP contribution in [-0.2, 0) is 0 Å². The predicted molar refractivity (Wildman–Crippen MR) is 114 cm³/mol. The monoisotopic (exact) mass is 413 g/mol. The van der Waals surface area contributed by atoms with Crippen molar-refractivity contribution in [3.8, 4) is 11.6 Å². The highest BCUT2D eigenvalue weighted by atomic mass is 35.5. The van der Waals surface area contributed by atoms with E-state index in [4.69, 9.17) is 21.3 Å². The van der Waals surface area contributed by atoms with Crippen molar-refractivity contribution in [3.05, 3.63) is 88.1 Å². The predicted octanol–water partition coefficient (Wildman–Crippen LogP) is 5.23. The van der Waals surface area contributed by atoms with Gasteiger partial charge in [-0.25, -0.2) is 19.5 Å². The molecule has 146 valence electrons. The first-order chi connectivity index (χ1) is 14.6. The average molecular weight is 414 g/mol. The minimum atomic E-state index is -0.132. The van der Waals surface area contributed by atoms with E-state index in [0.717, 1.165) is 44.7 Å². The van der Waals surface area contributed by atoms with Gasteiger partial charge in [0.05, 0.1) is 5.56 Å². The van der Waals surface area contributed by atoms with Crippen LogP contribution in [0, 0.1) is 13.8 Å². The SMILES string of the molecule is Cc1ccc2ccc3c(c2n1)Oc1ncn2nc(C)nc2c1C3c1ccc(Cl)cc1. The zero-order valence-electron chi connectivity index (χ0n) is 16.3. The number of aryl methyl sites for hydroxylation is 2. The van der Waals surface area contributed by atoms with E-state index in [-0.39, 0.29) is 5.92 Å². The van der Waals surface area contributed by atoms with Crippen molar-refractivity contribution < 1.29 is 4.74 Å². The van der Waals surface area contributed by atoms with Gasteiger partial charge in [0.2, 0.25) is 5.88 Å². The van der Waals surface area contributed by atoms with Crippen LogP contribution >= 0.6 is 11.6 Å². The Balaban J connectivity index is 1.71. The molecule has 0 bridgehead atoms. The standard InChI is InChI=1S/C23H16ClN5O/c1-12-3-4-15-7-10-17-18(14-5-8-16(24)9-6-14)19-22-27-13(2)28-29(22)11-25-23(19)30-21(17)20(15)26-12/h3-11,18H,1-2H3. The van der Waals surface area contributed by atoms with Gasteiger partial charge in [0, 0.05) is 27.6 Å². The number of benzene rings is 2. The number of rotatable bonds is 1. The molecule has 2 aromatic carbocycles. The topological polar surface area (TPSA) is 65.2 Å². The number of hydrogen-bond donors (Lipinski definition) is 0. The Labute approximate surface area is 177 Å². The summed E-state index contributed by atoms with van der Waals surface area (Å²) in [5, 5.41) is 6.15. The molecule has 0 aliphatic carbocycles. The number of halogens is 1. The third kappa shape index (κ3) is 2.50. The summed E-state index contributed by atoms with van der Waals surface area (Å²) in [6, 6.07) is 16.1. The minimum absolute atomic E-state index is 0.132. The summed E-state index contributed by atoms with van der Waals surface area (Å²) < 4.78 is 8.06. The molecule has 0 radical (unpaired) electrons. The molecule has 6 nitrogen and oxygen atoms in total. The summed E-state index contributed by atoms with van der Waals surface area (Å²) >= 11 is 6.17. The highest BCUT2D eigenvalue weighted by Gasteiger charge is 2.34. The molecule has 1 aliphatic rings. The maximum Gasteiger partial charge on any atom is 0.228 e. The summed E-state index contributed by atoms with van der Waals surface area (Å²) in [4.78, 5) is 14.0. The van der Waals surface area contributed by atoms with Crippen LogP contribution in [0.2, 0.25) is 5.02 Å². The summed E-state index contributed by atoms with van der Waals surface area (Å²) in [5.74, 6) is 1.81. The smallest absolute Gasteiger partial charge is 0.228 e. The van der Waals surface area contributed by atoms with Gasteiger partial charge in [0.15, 0.2) is 11.4 Å². The number of ether oxygens (including phenoxy) is 1. The maximum atomic E-state index is 6.36. The van der Waals surface area contributed by atoms with Crippen molar-refractivity contribution in [3.63, 3.8) is 0 Å². The summed E-state index contributed by atoms with van der Waals surface area (Å²) in [7, 11) is 0. The molecule has 1 unspecified atom stereocenters. The van der Waals surface area contributed by atoms with Gasteiger partial charge >= 0.3 is 0 Å². The highest BCUT2D eigenvalue weighted by molar-refractivity contribution is 6.30. The van der Waals surface area contributed by atoms with Crippen LogP contribution in [0.15, 0.2) is 54.9 Å². The van der Waals surface area contributed by atoms with Gasteiger partial charge in [-0.1, -0.05) is 41.9 Å². The van der Waals surface area contributed by atoms with Gasteiger partial charge in [-0.15, -0.1) is 0 Å². The van der Waals surface area contributed by atoms with Crippen LogP contribution in [-0.4, -0.2) is 24.6 Å². The summed E-state index contributed by atoms with van der Waals surface area (Å²) in [5.41, 5.74) is 5.49. The molecule has 0 saturated carbocycles. The Morgan fingerprint density at radius 1 is 0.967 bits per heavy atom. The number of pyridine rings is 1. The van der Waals surface area contributed by atoms with Crippen LogP contribution in [0.25, 0.3) is 16.6 Å². The fraction of sp³-hybridized carbons (Fsp3) is 0.130. The van der Waals surface area contributed by atoms with E-state index < -0.39 is 0 Å². The van der Waals surface area contributed by atoms with Gasteiger partial charge in [0.1, 0.15) is 17.7 Å². The van der Waals surface area contributed by atoms with Crippen LogP contribution < -0.4 is 4.74 Å². The molecule has 7 heteroatoms. The molecule has 0 amide bonds. The van der Waals surface area contributed by atoms with Crippen LogP contribution in [0.1, 0.15) is 34.1 Å². The Morgan fingerprint density at radius 2 is 1.77 bits per heavy atom. The zero-order valence-corrected chi connectivity index (χ0v) is 17.1. The lowest BCUT2D eigenvalue weighted by molar-refractivity contribution is 0.436. The van der Waals surface area contributed by atoms with E-state index >= 15 is 0 Å². The summed E-state index contributed by atoms with van der Waals surface area (Å²) in [6.45, 7) is 3.85. The molecule has 5 aromatic rings. The van der Waals surface area contributed by atoms with E-state index in [1.165, 1.54) is 0 Å². The molecule has 3 aromatic heterocycles. The van der Waals surface area contributed by atoms with E-state index in [0.29, 0.717) is 16.7 Å². The number of fused-ring (bicyclic) bond motifs is 6. The normalized spacial score (nSPS) is 15.1. The van der Waals surface area contributed by atoms with Gasteiger partial charge in [-0.2, -0.15) is 5.10 Å². The largest absolute Gasteiger partial charge is 0.436 e. The van der Waals surface area contributed by atoms with Gasteiger partial charge in [-0.3, -0.25) is 0 Å². The van der Waals surface area contributed by atoms with Gasteiger partial charge in [-0.05, 0) is 37.6 Å². The molecule has 0 saturated heterocycles. The minimum Gasteiger partial charge on any atom is -0.436 e. The lowest BCUT2D eigenvalue weighted by atomic mass is 9.83. The molecular formula is C23H16ClN5O. The van der Waals surface area contributed by atoms with Crippen LogP contribution in [0.5, 0.6) is 11.6 Å². The number of nitrogens with zero attached hydrogens (tertiary/aromatic N) is 5. The average Bonchev–Trinajstić information content (AvgIpc) is 3.13. The van der Waals surface area contributed by atoms with E-state index in [2.05, 4.69) is 33.3 Å². The molecule has 30 heavy (non-hydrogen) atoms. The molecular weight excluding hydrogens is 398 g/mol. The van der Waals surface area contributed by atoms with Crippen LogP contribution in [0.3, 0.4) is 0 Å². The van der Waals surface area contributed by atoms with Crippen molar-refractivity contribution in [2.75, 3.05) is 0 Å². The molecule has 0 fully saturated rings. The zero-order chi connectivity index (χ0) is 20.4. The lowest BCUT2D eigenvalue weighted by Gasteiger charge is -2.28. The van der Waals surface area contributed by atoms with Gasteiger partial charge in [0.25, 0.3) is 0 Å². The van der Waals surface area contributed by atoms with Crippen molar-refractivity contribution in [1.29, 1.82) is 0 Å². The lowest BCUT2D eigenvalue weighted by Crippen LogP contribution is -2.15. The number of aromatic nitrogens is 5. The molecule has 0 N–H and O–H groups in total. The van der Waals surface area contributed by atoms with Crippen molar-refractivity contribution in [1.82, 2.24) is 24.6 Å². The second kappa shape index (κ2) is 6.24. The van der Waals surface area contributed by atoms with Crippen LogP contribution in [0.4, 0.5) is 0 Å². The van der Waals surface area contributed by atoms with Crippen molar-refractivity contribution >= 4 is 28.2 Å². The highest BCUT2D eigenvalue weighted by Crippen LogP contribution is 2.49. The molecule has 1 atom stereocenters. The Hall–Kier alpha value is -3.51. The number of hydrogen-bond acceptors (Lipinski definition) is 5. The molecule has 1 aliphatic heterocycles. The second-order valence-corrected chi connectivity index (χ2v) is 7.92. The fourth-order valence-electron chi connectivity index (χ4n) is 4.16. The third-order valence-corrected chi connectivity index (χ3v) is 5.73. The first-order valence-corrected chi connectivity index (χ1v) is 10.0. The second-order valence-electron chi connectivity index (χ2n) is 7.49. The van der Waals surface area contributed by atoms with E-state index in [1.807, 2.05) is 44.2 Å². The Bertz CT molecular complexity index is 1460.